The topological polar surface area (TPSA) is 75.3 Å². The Balaban J connectivity index is 1.92. The fourth-order valence-corrected chi connectivity index (χ4v) is 3.20. The monoisotopic (exact) mass is 389 g/mol. The normalized spacial score (nSPS) is 10.8. The molecule has 2 heterocycles. The van der Waals surface area contributed by atoms with Gasteiger partial charge in [0.05, 0.1) is 31.8 Å². The van der Waals surface area contributed by atoms with Gasteiger partial charge in [0.15, 0.2) is 5.65 Å². The maximum Gasteiger partial charge on any atom is 0.337 e. The smallest absolute Gasteiger partial charge is 0.337 e. The van der Waals surface area contributed by atoms with Crippen molar-refractivity contribution in [3.05, 3.63) is 93.3 Å². The van der Waals surface area contributed by atoms with Crippen LogP contribution in [0.3, 0.4) is 0 Å². The third kappa shape index (κ3) is 3.38. The molecule has 0 aliphatic rings. The number of pyridine rings is 1. The minimum Gasteiger partial charge on any atom is -0.497 e. The molecule has 0 saturated heterocycles. The number of methoxy groups -OCH3 is 2. The fraction of sp³-hybridized carbons (Fsp3) is 0.136. The van der Waals surface area contributed by atoms with Crippen molar-refractivity contribution in [1.29, 1.82) is 0 Å². The number of nitrogens with zero attached hydrogens (tertiary/aromatic N) is 3. The van der Waals surface area contributed by atoms with Gasteiger partial charge in [0.1, 0.15) is 11.5 Å². The van der Waals surface area contributed by atoms with E-state index >= 15 is 0 Å². The lowest BCUT2D eigenvalue weighted by Gasteiger charge is -2.14. The van der Waals surface area contributed by atoms with Gasteiger partial charge in [-0.15, -0.1) is 0 Å². The number of ether oxygens (including phenoxy) is 2. The van der Waals surface area contributed by atoms with E-state index < -0.39 is 5.69 Å². The summed E-state index contributed by atoms with van der Waals surface area (Å²) in [5, 5.41) is 0.372. The molecular weight excluding hydrogens is 370 g/mol. The Morgan fingerprint density at radius 3 is 2.10 bits per heavy atom. The third-order valence-electron chi connectivity index (χ3n) is 4.73. The second-order valence-electron chi connectivity index (χ2n) is 6.43. The van der Waals surface area contributed by atoms with Crippen molar-refractivity contribution >= 4 is 11.0 Å². The molecule has 0 aliphatic carbocycles. The summed E-state index contributed by atoms with van der Waals surface area (Å²) in [5.41, 5.74) is 0.900. The predicted molar refractivity (Wildman–Crippen MR) is 110 cm³/mol. The predicted octanol–water partition coefficient (Wildman–Crippen LogP) is 2.61. The molecule has 29 heavy (non-hydrogen) atoms. The molecule has 0 saturated carbocycles. The zero-order valence-corrected chi connectivity index (χ0v) is 16.0. The Hall–Kier alpha value is -3.87. The molecule has 0 fully saturated rings. The van der Waals surface area contributed by atoms with E-state index in [0.717, 1.165) is 5.56 Å². The van der Waals surface area contributed by atoms with E-state index in [0.29, 0.717) is 28.2 Å². The molecule has 7 nitrogen and oxygen atoms in total. The van der Waals surface area contributed by atoms with Crippen LogP contribution in [0.25, 0.3) is 16.7 Å². The van der Waals surface area contributed by atoms with E-state index in [4.69, 9.17) is 9.47 Å². The van der Waals surface area contributed by atoms with Crippen LogP contribution in [0.1, 0.15) is 5.56 Å². The van der Waals surface area contributed by atoms with Crippen LogP contribution in [0.2, 0.25) is 0 Å². The van der Waals surface area contributed by atoms with Gasteiger partial charge in [0.2, 0.25) is 0 Å². The SMILES string of the molecule is COc1ccc(Cn2c(=O)c3cccnc3n(-c3ccc(OC)cc3)c2=O)cc1. The molecule has 0 radical (unpaired) electrons. The zero-order valence-electron chi connectivity index (χ0n) is 16.0. The van der Waals surface area contributed by atoms with Gasteiger partial charge in [-0.2, -0.15) is 0 Å². The van der Waals surface area contributed by atoms with Crippen molar-refractivity contribution < 1.29 is 9.47 Å². The number of hydrogen-bond acceptors (Lipinski definition) is 5. The van der Waals surface area contributed by atoms with Gasteiger partial charge in [-0.05, 0) is 54.1 Å². The van der Waals surface area contributed by atoms with E-state index in [2.05, 4.69) is 4.98 Å². The lowest BCUT2D eigenvalue weighted by atomic mass is 10.2. The van der Waals surface area contributed by atoms with Crippen molar-refractivity contribution in [1.82, 2.24) is 14.1 Å². The first-order valence-corrected chi connectivity index (χ1v) is 9.00. The average Bonchev–Trinajstić information content (AvgIpc) is 2.77. The first-order valence-electron chi connectivity index (χ1n) is 9.00. The first-order chi connectivity index (χ1) is 14.1. The maximum absolute atomic E-state index is 13.3. The standard InChI is InChI=1S/C22H19N3O4/c1-28-17-9-5-15(6-10-17)14-24-21(26)19-4-3-13-23-20(19)25(22(24)27)16-7-11-18(29-2)12-8-16/h3-13H,14H2,1-2H3. The van der Waals surface area contributed by atoms with Crippen LogP contribution in [0, 0.1) is 0 Å². The van der Waals surface area contributed by atoms with Crippen molar-refractivity contribution in [2.24, 2.45) is 0 Å². The molecule has 0 unspecified atom stereocenters. The van der Waals surface area contributed by atoms with Crippen LogP contribution in [0.15, 0.2) is 76.4 Å². The first kappa shape index (κ1) is 18.5. The highest BCUT2D eigenvalue weighted by Gasteiger charge is 2.15. The lowest BCUT2D eigenvalue weighted by molar-refractivity contribution is 0.414. The van der Waals surface area contributed by atoms with Gasteiger partial charge >= 0.3 is 5.69 Å². The Kier molecular flexibility index (Phi) is 4.87. The number of rotatable bonds is 5. The summed E-state index contributed by atoms with van der Waals surface area (Å²) in [5.74, 6) is 1.38. The van der Waals surface area contributed by atoms with Crippen LogP contribution in [0.4, 0.5) is 0 Å². The Morgan fingerprint density at radius 2 is 1.48 bits per heavy atom. The van der Waals surface area contributed by atoms with Crippen LogP contribution in [-0.4, -0.2) is 28.3 Å². The molecule has 2 aromatic carbocycles. The number of fused-ring (bicyclic) bond motifs is 1. The average molecular weight is 389 g/mol. The second kappa shape index (κ2) is 7.63. The van der Waals surface area contributed by atoms with E-state index in [-0.39, 0.29) is 12.1 Å². The minimum atomic E-state index is -0.456. The van der Waals surface area contributed by atoms with Crippen molar-refractivity contribution in [3.8, 4) is 17.2 Å². The maximum atomic E-state index is 13.3. The van der Waals surface area contributed by atoms with E-state index in [9.17, 15) is 9.59 Å². The Labute approximate surface area is 166 Å². The van der Waals surface area contributed by atoms with Gasteiger partial charge in [-0.3, -0.25) is 9.36 Å². The zero-order chi connectivity index (χ0) is 20.4. The summed E-state index contributed by atoms with van der Waals surface area (Å²) in [6.07, 6.45) is 1.56. The van der Waals surface area contributed by atoms with Crippen molar-refractivity contribution in [3.63, 3.8) is 0 Å². The number of benzene rings is 2. The Bertz CT molecular complexity index is 1270. The summed E-state index contributed by atoms with van der Waals surface area (Å²) in [7, 11) is 3.16. The molecule has 0 N–H and O–H groups in total. The van der Waals surface area contributed by atoms with E-state index in [1.807, 2.05) is 12.1 Å². The molecule has 7 heteroatoms. The molecule has 0 atom stereocenters. The highest BCUT2D eigenvalue weighted by Crippen LogP contribution is 2.17. The van der Waals surface area contributed by atoms with E-state index in [1.54, 1.807) is 68.9 Å². The molecule has 0 amide bonds. The summed E-state index contributed by atoms with van der Waals surface area (Å²) in [6, 6.07) is 17.7. The Morgan fingerprint density at radius 1 is 0.862 bits per heavy atom. The highest BCUT2D eigenvalue weighted by atomic mass is 16.5. The van der Waals surface area contributed by atoms with Gasteiger partial charge in [-0.1, -0.05) is 12.1 Å². The van der Waals surface area contributed by atoms with Gasteiger partial charge in [-0.25, -0.2) is 14.3 Å². The van der Waals surface area contributed by atoms with Gasteiger partial charge < -0.3 is 9.47 Å². The largest absolute Gasteiger partial charge is 0.497 e. The van der Waals surface area contributed by atoms with Gasteiger partial charge in [0, 0.05) is 6.20 Å². The minimum absolute atomic E-state index is 0.142. The van der Waals surface area contributed by atoms with Crippen LogP contribution >= 0.6 is 0 Å². The molecular formula is C22H19N3O4. The van der Waals surface area contributed by atoms with Crippen LogP contribution in [-0.2, 0) is 6.54 Å². The molecule has 0 aliphatic heterocycles. The van der Waals surface area contributed by atoms with E-state index in [1.165, 1.54) is 9.13 Å². The fourth-order valence-electron chi connectivity index (χ4n) is 3.20. The lowest BCUT2D eigenvalue weighted by Crippen LogP contribution is -2.40. The summed E-state index contributed by atoms with van der Waals surface area (Å²) < 4.78 is 13.0. The molecule has 4 aromatic rings. The van der Waals surface area contributed by atoms with Crippen molar-refractivity contribution in [2.45, 2.75) is 6.54 Å². The summed E-state index contributed by atoms with van der Waals surface area (Å²) >= 11 is 0. The molecule has 0 spiro atoms. The second-order valence-corrected chi connectivity index (χ2v) is 6.43. The summed E-state index contributed by atoms with van der Waals surface area (Å²) in [6.45, 7) is 0.142. The number of hydrogen-bond donors (Lipinski definition) is 0. The third-order valence-corrected chi connectivity index (χ3v) is 4.73. The summed E-state index contributed by atoms with van der Waals surface area (Å²) in [4.78, 5) is 30.6. The molecule has 2 aromatic heterocycles. The highest BCUT2D eigenvalue weighted by molar-refractivity contribution is 5.75. The molecule has 4 rings (SSSR count). The number of aromatic nitrogens is 3. The van der Waals surface area contributed by atoms with Crippen molar-refractivity contribution in [2.75, 3.05) is 14.2 Å². The van der Waals surface area contributed by atoms with Gasteiger partial charge in [0.25, 0.3) is 5.56 Å². The molecule has 0 bridgehead atoms. The quantitative estimate of drug-likeness (QED) is 0.525. The van der Waals surface area contributed by atoms with Crippen LogP contribution in [0.5, 0.6) is 11.5 Å². The molecule has 146 valence electrons. The van der Waals surface area contributed by atoms with Crippen LogP contribution < -0.4 is 20.7 Å².